The van der Waals surface area contributed by atoms with E-state index < -0.39 is 11.7 Å². The average Bonchev–Trinajstić information content (AvgIpc) is 3.14. The molecule has 144 valence electrons. The predicted octanol–water partition coefficient (Wildman–Crippen LogP) is 2.60. The Bertz CT molecular complexity index is 978. The molecule has 0 atom stereocenters. The van der Waals surface area contributed by atoms with Crippen LogP contribution in [0, 0.1) is 5.82 Å². The molecular formula is C19H17FN4O3S. The van der Waals surface area contributed by atoms with Gasteiger partial charge < -0.3 is 10.1 Å². The molecule has 0 unspecified atom stereocenters. The highest BCUT2D eigenvalue weighted by Crippen LogP contribution is 2.22. The summed E-state index contributed by atoms with van der Waals surface area (Å²) in [7, 11) is 1.31. The van der Waals surface area contributed by atoms with Crippen molar-refractivity contribution >= 4 is 23.6 Å². The van der Waals surface area contributed by atoms with Crippen molar-refractivity contribution in [3.63, 3.8) is 0 Å². The molecule has 1 N–H and O–H groups in total. The lowest BCUT2D eigenvalue weighted by Crippen LogP contribution is -2.25. The summed E-state index contributed by atoms with van der Waals surface area (Å²) in [5.74, 6) is -1.02. The van der Waals surface area contributed by atoms with Gasteiger partial charge in [-0.05, 0) is 24.3 Å². The summed E-state index contributed by atoms with van der Waals surface area (Å²) in [4.78, 5) is 23.7. The van der Waals surface area contributed by atoms with Gasteiger partial charge in [0.05, 0.1) is 25.0 Å². The molecule has 7 nitrogen and oxygen atoms in total. The number of rotatable bonds is 7. The Kier molecular flexibility index (Phi) is 6.38. The summed E-state index contributed by atoms with van der Waals surface area (Å²) in [6.07, 6.45) is 0. The molecule has 3 aromatic rings. The second-order valence-electron chi connectivity index (χ2n) is 5.60. The zero-order chi connectivity index (χ0) is 19.9. The first kappa shape index (κ1) is 19.6. The smallest absolute Gasteiger partial charge is 0.316 e. The van der Waals surface area contributed by atoms with E-state index in [9.17, 15) is 14.0 Å². The van der Waals surface area contributed by atoms with Gasteiger partial charge in [-0.2, -0.15) is 0 Å². The number of nitrogens with zero attached hydrogens (tertiary/aromatic N) is 3. The second-order valence-corrected chi connectivity index (χ2v) is 6.54. The number of thioether (sulfide) groups is 1. The highest BCUT2D eigenvalue weighted by molar-refractivity contribution is 7.99. The average molecular weight is 400 g/mol. The molecule has 0 radical (unpaired) electrons. The van der Waals surface area contributed by atoms with Gasteiger partial charge in [0.1, 0.15) is 5.82 Å². The van der Waals surface area contributed by atoms with E-state index in [4.69, 9.17) is 0 Å². The number of nitrogens with one attached hydrogen (secondary N) is 1. The molecule has 0 aliphatic rings. The molecule has 9 heteroatoms. The molecule has 1 aromatic heterocycles. The van der Waals surface area contributed by atoms with E-state index in [0.717, 1.165) is 5.69 Å². The van der Waals surface area contributed by atoms with Crippen molar-refractivity contribution in [2.24, 2.45) is 0 Å². The Hall–Kier alpha value is -3.20. The van der Waals surface area contributed by atoms with Gasteiger partial charge in [0.2, 0.25) is 0 Å². The van der Waals surface area contributed by atoms with E-state index >= 15 is 0 Å². The van der Waals surface area contributed by atoms with Gasteiger partial charge in [-0.15, -0.1) is 10.2 Å². The highest BCUT2D eigenvalue weighted by atomic mass is 32.2. The van der Waals surface area contributed by atoms with Gasteiger partial charge in [0, 0.05) is 5.69 Å². The maximum atomic E-state index is 13.8. The maximum absolute atomic E-state index is 13.8. The van der Waals surface area contributed by atoms with Crippen LogP contribution < -0.4 is 5.32 Å². The monoisotopic (exact) mass is 400 g/mol. The van der Waals surface area contributed by atoms with E-state index in [1.807, 2.05) is 30.3 Å². The Balaban J connectivity index is 1.82. The zero-order valence-electron chi connectivity index (χ0n) is 15.0. The molecule has 0 fully saturated rings. The topological polar surface area (TPSA) is 86.1 Å². The maximum Gasteiger partial charge on any atom is 0.316 e. The number of hydrogen-bond donors (Lipinski definition) is 1. The van der Waals surface area contributed by atoms with Crippen LogP contribution >= 0.6 is 11.8 Å². The van der Waals surface area contributed by atoms with Crippen molar-refractivity contribution < 1.29 is 18.7 Å². The molecule has 0 aliphatic carbocycles. The third-order valence-corrected chi connectivity index (χ3v) is 4.69. The summed E-state index contributed by atoms with van der Waals surface area (Å²) in [5, 5.41) is 11.4. The largest absolute Gasteiger partial charge is 0.468 e. The highest BCUT2D eigenvalue weighted by Gasteiger charge is 2.17. The molecule has 0 aliphatic heterocycles. The van der Waals surface area contributed by atoms with Gasteiger partial charge in [0.25, 0.3) is 5.91 Å². The fourth-order valence-corrected chi connectivity index (χ4v) is 3.23. The number of carbonyl (C=O) groups is 2. The van der Waals surface area contributed by atoms with Gasteiger partial charge in [0.15, 0.2) is 11.0 Å². The minimum atomic E-state index is -0.598. The number of hydrogen-bond acceptors (Lipinski definition) is 6. The number of methoxy groups -OCH3 is 1. The summed E-state index contributed by atoms with van der Waals surface area (Å²) in [6, 6.07) is 15.0. The van der Waals surface area contributed by atoms with Crippen LogP contribution in [0.5, 0.6) is 0 Å². The van der Waals surface area contributed by atoms with Crippen LogP contribution in [0.2, 0.25) is 0 Å². The fourth-order valence-electron chi connectivity index (χ4n) is 2.43. The fraction of sp³-hybridized carbons (Fsp3) is 0.158. The van der Waals surface area contributed by atoms with E-state index in [-0.39, 0.29) is 23.8 Å². The van der Waals surface area contributed by atoms with E-state index in [1.54, 1.807) is 10.6 Å². The number of amides is 1. The van der Waals surface area contributed by atoms with E-state index in [0.29, 0.717) is 11.0 Å². The van der Waals surface area contributed by atoms with Crippen LogP contribution in [-0.4, -0.2) is 39.5 Å². The van der Waals surface area contributed by atoms with Crippen LogP contribution in [-0.2, 0) is 16.1 Å². The number of esters is 1. The van der Waals surface area contributed by atoms with Crippen molar-refractivity contribution in [3.05, 3.63) is 71.8 Å². The van der Waals surface area contributed by atoms with Crippen molar-refractivity contribution in [1.29, 1.82) is 0 Å². The molecular weight excluding hydrogens is 383 g/mol. The Morgan fingerprint density at radius 2 is 1.82 bits per heavy atom. The van der Waals surface area contributed by atoms with Crippen molar-refractivity contribution in [1.82, 2.24) is 20.1 Å². The number of ether oxygens (including phenoxy) is 1. The first-order valence-electron chi connectivity index (χ1n) is 8.32. The van der Waals surface area contributed by atoms with Crippen LogP contribution in [0.15, 0.2) is 59.8 Å². The standard InChI is InChI=1S/C19H17FN4O3S/c1-27-17(25)12-28-19-23-22-16(24(19)13-7-3-2-4-8-13)11-21-18(26)14-9-5-6-10-15(14)20/h2-10H,11-12H2,1H3,(H,21,26). The first-order chi connectivity index (χ1) is 13.6. The summed E-state index contributed by atoms with van der Waals surface area (Å²) in [5.41, 5.74) is 0.726. The molecule has 0 bridgehead atoms. The summed E-state index contributed by atoms with van der Waals surface area (Å²) < 4.78 is 20.2. The second kappa shape index (κ2) is 9.14. The SMILES string of the molecule is COC(=O)CSc1nnc(CNC(=O)c2ccccc2F)n1-c1ccccc1. The van der Waals surface area contributed by atoms with Gasteiger partial charge >= 0.3 is 5.97 Å². The van der Waals surface area contributed by atoms with Crippen molar-refractivity contribution in [3.8, 4) is 5.69 Å². The van der Waals surface area contributed by atoms with Gasteiger partial charge in [-0.3, -0.25) is 14.2 Å². The molecule has 0 spiro atoms. The third kappa shape index (κ3) is 4.55. The lowest BCUT2D eigenvalue weighted by Gasteiger charge is -2.11. The number of benzene rings is 2. The Morgan fingerprint density at radius 1 is 1.11 bits per heavy atom. The van der Waals surface area contributed by atoms with E-state index in [2.05, 4.69) is 20.3 Å². The first-order valence-corrected chi connectivity index (χ1v) is 9.30. The van der Waals surface area contributed by atoms with Crippen LogP contribution in [0.4, 0.5) is 4.39 Å². The van der Waals surface area contributed by atoms with Crippen LogP contribution in [0.1, 0.15) is 16.2 Å². The number of aromatic nitrogens is 3. The molecule has 0 saturated carbocycles. The van der Waals surface area contributed by atoms with Crippen molar-refractivity contribution in [2.45, 2.75) is 11.7 Å². The number of para-hydroxylation sites is 1. The zero-order valence-corrected chi connectivity index (χ0v) is 15.8. The van der Waals surface area contributed by atoms with Crippen molar-refractivity contribution in [2.75, 3.05) is 12.9 Å². The summed E-state index contributed by atoms with van der Waals surface area (Å²) >= 11 is 1.17. The lowest BCUT2D eigenvalue weighted by molar-refractivity contribution is -0.137. The normalized spacial score (nSPS) is 10.5. The molecule has 28 heavy (non-hydrogen) atoms. The van der Waals surface area contributed by atoms with Gasteiger partial charge in [-0.1, -0.05) is 42.1 Å². The minimum absolute atomic E-state index is 0.0356. The number of halogens is 1. The Labute approximate surface area is 164 Å². The molecule has 3 rings (SSSR count). The third-order valence-electron chi connectivity index (χ3n) is 3.79. The van der Waals surface area contributed by atoms with Gasteiger partial charge in [-0.25, -0.2) is 4.39 Å². The minimum Gasteiger partial charge on any atom is -0.468 e. The number of carbonyl (C=O) groups excluding carboxylic acids is 2. The van der Waals surface area contributed by atoms with E-state index in [1.165, 1.54) is 37.1 Å². The van der Waals surface area contributed by atoms with Crippen LogP contribution in [0.3, 0.4) is 0 Å². The molecule has 0 saturated heterocycles. The predicted molar refractivity (Wildman–Crippen MR) is 102 cm³/mol. The summed E-state index contributed by atoms with van der Waals surface area (Å²) in [6.45, 7) is 0.0356. The quantitative estimate of drug-likeness (QED) is 0.485. The molecule has 1 amide bonds. The lowest BCUT2D eigenvalue weighted by atomic mass is 10.2. The molecule has 2 aromatic carbocycles. The molecule has 1 heterocycles. The Morgan fingerprint density at radius 3 is 2.54 bits per heavy atom. The van der Waals surface area contributed by atoms with Crippen LogP contribution in [0.25, 0.3) is 5.69 Å².